The van der Waals surface area contributed by atoms with Crippen LogP contribution in [0.5, 0.6) is 0 Å². The van der Waals surface area contributed by atoms with E-state index in [1.807, 2.05) is 0 Å². The summed E-state index contributed by atoms with van der Waals surface area (Å²) in [6.07, 6.45) is -2.28. The number of piperidine rings is 1. The summed E-state index contributed by atoms with van der Waals surface area (Å²) in [7, 11) is 1.74. The van der Waals surface area contributed by atoms with Crippen molar-refractivity contribution in [1.29, 1.82) is 0 Å². The van der Waals surface area contributed by atoms with E-state index < -0.39 is 11.7 Å². The standard InChI is InChI=1S/C18H17Cl2F3N4/c1-27-15-2-3-24-8-12(15)11-5-10(6-13(16(11)27)18(21,22)23)26-14-4-9(19)7-25-17(14)20/h4-7,12,15,24,26H,2-3,8H2,1H3/t12-,15-/m1/s1. The average Bonchev–Trinajstić information content (AvgIpc) is 2.90. The van der Waals surface area contributed by atoms with Gasteiger partial charge in [-0.2, -0.15) is 13.2 Å². The molecule has 0 spiro atoms. The van der Waals surface area contributed by atoms with Gasteiger partial charge in [-0.15, -0.1) is 0 Å². The van der Waals surface area contributed by atoms with Gasteiger partial charge in [-0.1, -0.05) is 23.2 Å². The van der Waals surface area contributed by atoms with Crippen molar-refractivity contribution < 1.29 is 13.2 Å². The zero-order valence-corrected chi connectivity index (χ0v) is 15.9. The summed E-state index contributed by atoms with van der Waals surface area (Å²) in [5.74, 6) is 0.00885. The second kappa shape index (κ2) is 6.72. The van der Waals surface area contributed by atoms with Crippen molar-refractivity contribution in [2.45, 2.75) is 24.6 Å². The summed E-state index contributed by atoms with van der Waals surface area (Å²) >= 11 is 12.0. The molecule has 1 aromatic carbocycles. The highest BCUT2D eigenvalue weighted by atomic mass is 35.5. The first-order chi connectivity index (χ1) is 12.8. The lowest BCUT2D eigenvalue weighted by molar-refractivity contribution is -0.137. The van der Waals surface area contributed by atoms with Crippen LogP contribution in [-0.2, 0) is 6.18 Å². The average molecular weight is 417 g/mol. The van der Waals surface area contributed by atoms with Gasteiger partial charge in [-0.05, 0) is 36.7 Å². The molecule has 3 heterocycles. The van der Waals surface area contributed by atoms with Crippen molar-refractivity contribution in [1.82, 2.24) is 10.3 Å². The number of halogens is 5. The Bertz CT molecular complexity index is 888. The van der Waals surface area contributed by atoms with Crippen LogP contribution in [0.4, 0.5) is 30.2 Å². The van der Waals surface area contributed by atoms with E-state index in [-0.39, 0.29) is 22.8 Å². The lowest BCUT2D eigenvalue weighted by Gasteiger charge is -2.31. The second-order valence-electron chi connectivity index (χ2n) is 6.85. The number of benzene rings is 1. The quantitative estimate of drug-likeness (QED) is 0.672. The fraction of sp³-hybridized carbons (Fsp3) is 0.389. The number of likely N-dealkylation sites (N-methyl/N-ethyl adjacent to an activating group) is 1. The molecule has 0 unspecified atom stereocenters. The molecule has 144 valence electrons. The van der Waals surface area contributed by atoms with Crippen LogP contribution < -0.4 is 15.5 Å². The van der Waals surface area contributed by atoms with Gasteiger partial charge in [0.05, 0.1) is 22.0 Å². The molecular formula is C18H17Cl2F3N4. The molecule has 4 rings (SSSR count). The Morgan fingerprint density at radius 3 is 2.78 bits per heavy atom. The minimum absolute atomic E-state index is 0.00885. The van der Waals surface area contributed by atoms with E-state index in [1.54, 1.807) is 18.0 Å². The van der Waals surface area contributed by atoms with Crippen LogP contribution in [0.15, 0.2) is 24.4 Å². The van der Waals surface area contributed by atoms with Gasteiger partial charge in [0.2, 0.25) is 0 Å². The van der Waals surface area contributed by atoms with Crippen LogP contribution >= 0.6 is 23.2 Å². The fourth-order valence-corrected chi connectivity index (χ4v) is 4.39. The van der Waals surface area contributed by atoms with E-state index in [4.69, 9.17) is 23.2 Å². The van der Waals surface area contributed by atoms with Crippen LogP contribution in [0.3, 0.4) is 0 Å². The van der Waals surface area contributed by atoms with Gasteiger partial charge in [0.15, 0.2) is 5.15 Å². The van der Waals surface area contributed by atoms with Gasteiger partial charge in [-0.25, -0.2) is 4.98 Å². The topological polar surface area (TPSA) is 40.2 Å². The Morgan fingerprint density at radius 2 is 2.04 bits per heavy atom. The SMILES string of the molecule is CN1c2c(cc(Nc3cc(Cl)cnc3Cl)cc2C(F)(F)F)[C@H]2CNCC[C@H]21. The van der Waals surface area contributed by atoms with Crippen LogP contribution in [0.25, 0.3) is 0 Å². The summed E-state index contributed by atoms with van der Waals surface area (Å²) in [6, 6.07) is 4.50. The van der Waals surface area contributed by atoms with Gasteiger partial charge < -0.3 is 15.5 Å². The van der Waals surface area contributed by atoms with Gasteiger partial charge in [-0.3, -0.25) is 0 Å². The third-order valence-corrected chi connectivity index (χ3v) is 5.73. The minimum Gasteiger partial charge on any atom is -0.370 e. The van der Waals surface area contributed by atoms with E-state index in [1.165, 1.54) is 12.3 Å². The summed E-state index contributed by atoms with van der Waals surface area (Å²) in [5, 5.41) is 6.72. The molecule has 9 heteroatoms. The molecule has 2 aliphatic rings. The number of hydrogen-bond donors (Lipinski definition) is 2. The second-order valence-corrected chi connectivity index (χ2v) is 7.65. The van der Waals surface area contributed by atoms with E-state index in [0.29, 0.717) is 28.5 Å². The van der Waals surface area contributed by atoms with Gasteiger partial charge >= 0.3 is 6.18 Å². The highest BCUT2D eigenvalue weighted by Gasteiger charge is 2.45. The monoisotopic (exact) mass is 416 g/mol. The van der Waals surface area contributed by atoms with Crippen LogP contribution in [0.2, 0.25) is 10.2 Å². The van der Waals surface area contributed by atoms with Gasteiger partial charge in [0, 0.05) is 37.4 Å². The summed E-state index contributed by atoms with van der Waals surface area (Å²) in [5.41, 5.74) is 0.985. The molecule has 0 aliphatic carbocycles. The molecule has 0 amide bonds. The smallest absolute Gasteiger partial charge is 0.370 e. The number of hydrogen-bond acceptors (Lipinski definition) is 4. The minimum atomic E-state index is -4.46. The zero-order valence-electron chi connectivity index (χ0n) is 14.4. The number of pyridine rings is 1. The molecular weight excluding hydrogens is 400 g/mol. The number of nitrogens with one attached hydrogen (secondary N) is 2. The maximum Gasteiger partial charge on any atom is 0.418 e. The third kappa shape index (κ3) is 3.32. The Kier molecular flexibility index (Phi) is 4.64. The molecule has 4 nitrogen and oxygen atoms in total. The first kappa shape index (κ1) is 18.7. The summed E-state index contributed by atoms with van der Waals surface area (Å²) in [4.78, 5) is 5.71. The first-order valence-electron chi connectivity index (χ1n) is 8.52. The Labute approximate surface area is 164 Å². The molecule has 2 aliphatic heterocycles. The third-order valence-electron chi connectivity index (χ3n) is 5.22. The molecule has 1 saturated heterocycles. The zero-order chi connectivity index (χ0) is 19.3. The van der Waals surface area contributed by atoms with E-state index in [2.05, 4.69) is 15.6 Å². The largest absolute Gasteiger partial charge is 0.418 e. The Morgan fingerprint density at radius 1 is 1.26 bits per heavy atom. The maximum absolute atomic E-state index is 13.8. The molecule has 1 fully saturated rings. The van der Waals surface area contributed by atoms with Crippen molar-refractivity contribution in [2.24, 2.45) is 0 Å². The number of aromatic nitrogens is 1. The molecule has 1 aromatic heterocycles. The van der Waals surface area contributed by atoms with Gasteiger partial charge in [0.1, 0.15) is 0 Å². The first-order valence-corrected chi connectivity index (χ1v) is 9.28. The number of fused-ring (bicyclic) bond motifs is 3. The van der Waals surface area contributed by atoms with Gasteiger partial charge in [0.25, 0.3) is 0 Å². The van der Waals surface area contributed by atoms with E-state index in [0.717, 1.165) is 19.0 Å². The van der Waals surface area contributed by atoms with Crippen LogP contribution in [0, 0.1) is 0 Å². The highest BCUT2D eigenvalue weighted by molar-refractivity contribution is 6.34. The van der Waals surface area contributed by atoms with Crippen molar-refractivity contribution in [3.8, 4) is 0 Å². The number of anilines is 3. The van der Waals surface area contributed by atoms with E-state index >= 15 is 0 Å². The molecule has 0 saturated carbocycles. The van der Waals surface area contributed by atoms with Crippen LogP contribution in [0.1, 0.15) is 23.5 Å². The predicted molar refractivity (Wildman–Crippen MR) is 101 cm³/mol. The molecule has 2 aromatic rings. The maximum atomic E-state index is 13.8. The Balaban J connectivity index is 1.82. The van der Waals surface area contributed by atoms with E-state index in [9.17, 15) is 13.2 Å². The fourth-order valence-electron chi connectivity index (χ4n) is 4.08. The lowest BCUT2D eigenvalue weighted by atomic mass is 9.89. The van der Waals surface area contributed by atoms with Crippen molar-refractivity contribution in [3.05, 3.63) is 45.7 Å². The molecule has 2 atom stereocenters. The highest BCUT2D eigenvalue weighted by Crippen LogP contribution is 2.50. The molecule has 27 heavy (non-hydrogen) atoms. The van der Waals surface area contributed by atoms with Crippen LogP contribution in [-0.4, -0.2) is 31.2 Å². The summed E-state index contributed by atoms with van der Waals surface area (Å²) in [6.45, 7) is 1.46. The molecule has 0 radical (unpaired) electrons. The number of nitrogens with zero attached hydrogens (tertiary/aromatic N) is 2. The molecule has 0 bridgehead atoms. The number of rotatable bonds is 2. The predicted octanol–water partition coefficient (Wildman–Crippen LogP) is 5.05. The van der Waals surface area contributed by atoms with Crippen molar-refractivity contribution in [3.63, 3.8) is 0 Å². The van der Waals surface area contributed by atoms with Crippen molar-refractivity contribution in [2.75, 3.05) is 30.4 Å². The number of alkyl halides is 3. The Hall–Kier alpha value is -1.70. The molecule has 2 N–H and O–H groups in total. The van der Waals surface area contributed by atoms with Crippen molar-refractivity contribution >= 4 is 40.3 Å². The lowest BCUT2D eigenvalue weighted by Crippen LogP contribution is -2.42. The summed E-state index contributed by atoms with van der Waals surface area (Å²) < 4.78 is 41.5. The normalized spacial score (nSPS) is 21.8.